The molecule has 1 aliphatic rings. The van der Waals surface area contributed by atoms with E-state index in [1.165, 1.54) is 25.3 Å². The first-order chi connectivity index (χ1) is 13.2. The lowest BCUT2D eigenvalue weighted by atomic mass is 9.88. The summed E-state index contributed by atoms with van der Waals surface area (Å²) in [6, 6.07) is 10.2. The van der Waals surface area contributed by atoms with Gasteiger partial charge < -0.3 is 10.1 Å². The summed E-state index contributed by atoms with van der Waals surface area (Å²) < 4.78 is 21.7. The summed E-state index contributed by atoms with van der Waals surface area (Å²) in [5, 5.41) is 15.9. The first kappa shape index (κ1) is 17.9. The Balaban J connectivity index is 1.42. The molecule has 2 aromatic heterocycles. The number of hydrogen-bond donors (Lipinski definition) is 1. The van der Waals surface area contributed by atoms with Crippen LogP contribution in [-0.4, -0.2) is 39.1 Å². The molecule has 2 atom stereocenters. The van der Waals surface area contributed by atoms with E-state index in [2.05, 4.69) is 27.5 Å². The summed E-state index contributed by atoms with van der Waals surface area (Å²) in [5.41, 5.74) is 0.954. The van der Waals surface area contributed by atoms with E-state index < -0.39 is 0 Å². The highest BCUT2D eigenvalue weighted by Gasteiger charge is 2.21. The standard InChI is InChI=1S/C20H24FN5O/c1-14-6-2-5-9-17(14)27-13-12-22-18-10-11-19-23-24-20(26(19)25-18)15-7-3-4-8-16(15)21/h3-4,7-8,10-11,14,17H,2,5-6,9,12-13H2,1H3,(H,22,25)/t14-,17+/m0/s1. The maximum atomic E-state index is 14.1. The van der Waals surface area contributed by atoms with Gasteiger partial charge in [-0.1, -0.05) is 31.9 Å². The average Bonchev–Trinajstić information content (AvgIpc) is 3.10. The number of fused-ring (bicyclic) bond motifs is 1. The molecule has 7 heteroatoms. The quantitative estimate of drug-likeness (QED) is 0.667. The SMILES string of the molecule is C[C@H]1CCCC[C@H]1OCCNc1ccc2nnc(-c3ccccc3F)n2n1. The third-order valence-electron chi connectivity index (χ3n) is 5.15. The Kier molecular flexibility index (Phi) is 5.29. The van der Waals surface area contributed by atoms with Crippen LogP contribution in [0.15, 0.2) is 36.4 Å². The van der Waals surface area contributed by atoms with E-state index in [0.29, 0.717) is 48.0 Å². The van der Waals surface area contributed by atoms with Crippen molar-refractivity contribution in [3.63, 3.8) is 0 Å². The largest absolute Gasteiger partial charge is 0.376 e. The van der Waals surface area contributed by atoms with E-state index in [9.17, 15) is 4.39 Å². The van der Waals surface area contributed by atoms with Gasteiger partial charge in [0, 0.05) is 6.54 Å². The van der Waals surface area contributed by atoms with E-state index in [-0.39, 0.29) is 5.82 Å². The molecule has 27 heavy (non-hydrogen) atoms. The Bertz CT molecular complexity index is 912. The molecule has 1 saturated carbocycles. The number of rotatable bonds is 6. The fraction of sp³-hybridized carbons (Fsp3) is 0.450. The monoisotopic (exact) mass is 369 g/mol. The van der Waals surface area contributed by atoms with Gasteiger partial charge in [0.15, 0.2) is 11.5 Å². The highest BCUT2D eigenvalue weighted by Crippen LogP contribution is 2.26. The number of hydrogen-bond acceptors (Lipinski definition) is 5. The van der Waals surface area contributed by atoms with Crippen molar-refractivity contribution in [2.24, 2.45) is 5.92 Å². The van der Waals surface area contributed by atoms with Gasteiger partial charge in [-0.05, 0) is 43.0 Å². The molecule has 1 aliphatic carbocycles. The van der Waals surface area contributed by atoms with E-state index in [1.54, 1.807) is 22.7 Å². The summed E-state index contributed by atoms with van der Waals surface area (Å²) in [6.45, 7) is 3.57. The topological polar surface area (TPSA) is 64.3 Å². The van der Waals surface area contributed by atoms with Crippen molar-refractivity contribution in [1.82, 2.24) is 19.8 Å². The molecule has 1 aromatic carbocycles. The zero-order valence-electron chi connectivity index (χ0n) is 15.4. The predicted molar refractivity (Wildman–Crippen MR) is 102 cm³/mol. The van der Waals surface area contributed by atoms with Gasteiger partial charge in [0.25, 0.3) is 0 Å². The van der Waals surface area contributed by atoms with Gasteiger partial charge in [0.05, 0.1) is 18.3 Å². The molecule has 4 rings (SSSR count). The first-order valence-electron chi connectivity index (χ1n) is 9.55. The summed E-state index contributed by atoms with van der Waals surface area (Å²) in [4.78, 5) is 0. The Morgan fingerprint density at radius 1 is 1.15 bits per heavy atom. The molecule has 0 bridgehead atoms. The molecule has 3 aromatic rings. The second kappa shape index (κ2) is 8.00. The van der Waals surface area contributed by atoms with Crippen molar-refractivity contribution in [3.05, 3.63) is 42.2 Å². The number of anilines is 1. The number of halogens is 1. The lowest BCUT2D eigenvalue weighted by Gasteiger charge is -2.28. The van der Waals surface area contributed by atoms with Crippen LogP contribution >= 0.6 is 0 Å². The average molecular weight is 369 g/mol. The fourth-order valence-corrected chi connectivity index (χ4v) is 3.61. The maximum Gasteiger partial charge on any atom is 0.188 e. The Hall–Kier alpha value is -2.54. The molecular weight excluding hydrogens is 345 g/mol. The van der Waals surface area contributed by atoms with Crippen molar-refractivity contribution in [2.45, 2.75) is 38.7 Å². The zero-order chi connectivity index (χ0) is 18.6. The molecule has 0 unspecified atom stereocenters. The van der Waals surface area contributed by atoms with Gasteiger partial charge in [-0.15, -0.1) is 15.3 Å². The number of ether oxygens (including phenoxy) is 1. The van der Waals surface area contributed by atoms with Crippen LogP contribution < -0.4 is 5.32 Å². The van der Waals surface area contributed by atoms with Gasteiger partial charge in [-0.3, -0.25) is 0 Å². The van der Waals surface area contributed by atoms with Crippen LogP contribution in [0.3, 0.4) is 0 Å². The Morgan fingerprint density at radius 2 is 2.00 bits per heavy atom. The number of nitrogens with one attached hydrogen (secondary N) is 1. The van der Waals surface area contributed by atoms with Crippen molar-refractivity contribution in [3.8, 4) is 11.4 Å². The normalized spacial score (nSPS) is 20.1. The lowest BCUT2D eigenvalue weighted by molar-refractivity contribution is 0.000368. The number of benzene rings is 1. The minimum atomic E-state index is -0.345. The molecule has 6 nitrogen and oxygen atoms in total. The van der Waals surface area contributed by atoms with E-state index in [4.69, 9.17) is 4.74 Å². The van der Waals surface area contributed by atoms with Crippen molar-refractivity contribution in [2.75, 3.05) is 18.5 Å². The van der Waals surface area contributed by atoms with E-state index in [1.807, 2.05) is 12.1 Å². The molecule has 0 amide bonds. The van der Waals surface area contributed by atoms with Gasteiger partial charge in [-0.25, -0.2) is 4.39 Å². The molecule has 0 radical (unpaired) electrons. The Morgan fingerprint density at radius 3 is 2.85 bits per heavy atom. The third-order valence-corrected chi connectivity index (χ3v) is 5.15. The highest BCUT2D eigenvalue weighted by molar-refractivity contribution is 5.60. The molecular formula is C20H24FN5O. The number of aromatic nitrogens is 4. The zero-order valence-corrected chi connectivity index (χ0v) is 15.4. The molecule has 142 valence electrons. The van der Waals surface area contributed by atoms with Gasteiger partial charge in [0.2, 0.25) is 0 Å². The Labute approximate surface area is 157 Å². The predicted octanol–water partition coefficient (Wildman–Crippen LogP) is 3.94. The summed E-state index contributed by atoms with van der Waals surface area (Å²) in [5.74, 6) is 1.36. The van der Waals surface area contributed by atoms with Crippen molar-refractivity contribution in [1.29, 1.82) is 0 Å². The minimum absolute atomic E-state index is 0.345. The van der Waals surface area contributed by atoms with Gasteiger partial charge >= 0.3 is 0 Å². The molecule has 2 heterocycles. The van der Waals surface area contributed by atoms with Crippen LogP contribution in [0.4, 0.5) is 10.2 Å². The number of nitrogens with zero attached hydrogens (tertiary/aromatic N) is 4. The van der Waals surface area contributed by atoms with E-state index in [0.717, 1.165) is 6.42 Å². The van der Waals surface area contributed by atoms with E-state index >= 15 is 0 Å². The molecule has 1 N–H and O–H groups in total. The van der Waals surface area contributed by atoms with Crippen LogP contribution in [0.5, 0.6) is 0 Å². The fourth-order valence-electron chi connectivity index (χ4n) is 3.61. The second-order valence-corrected chi connectivity index (χ2v) is 7.09. The van der Waals surface area contributed by atoms with Gasteiger partial charge in [-0.2, -0.15) is 4.52 Å². The van der Waals surface area contributed by atoms with Crippen LogP contribution in [-0.2, 0) is 4.74 Å². The second-order valence-electron chi connectivity index (χ2n) is 7.09. The third kappa shape index (κ3) is 3.93. The van der Waals surface area contributed by atoms with Crippen LogP contribution in [0, 0.1) is 11.7 Å². The molecule has 1 fully saturated rings. The minimum Gasteiger partial charge on any atom is -0.376 e. The van der Waals surface area contributed by atoms with Crippen LogP contribution in [0.2, 0.25) is 0 Å². The maximum absolute atomic E-state index is 14.1. The molecule has 0 aliphatic heterocycles. The summed E-state index contributed by atoms with van der Waals surface area (Å²) in [7, 11) is 0. The first-order valence-corrected chi connectivity index (χ1v) is 9.55. The smallest absolute Gasteiger partial charge is 0.188 e. The van der Waals surface area contributed by atoms with Crippen molar-refractivity contribution < 1.29 is 9.13 Å². The highest BCUT2D eigenvalue weighted by atomic mass is 19.1. The molecule has 0 spiro atoms. The summed E-state index contributed by atoms with van der Waals surface area (Å²) in [6.07, 6.45) is 5.34. The lowest BCUT2D eigenvalue weighted by Crippen LogP contribution is -2.27. The van der Waals surface area contributed by atoms with Gasteiger partial charge in [0.1, 0.15) is 11.6 Å². The summed E-state index contributed by atoms with van der Waals surface area (Å²) >= 11 is 0. The van der Waals surface area contributed by atoms with Crippen LogP contribution in [0.25, 0.3) is 17.0 Å². The van der Waals surface area contributed by atoms with Crippen LogP contribution in [0.1, 0.15) is 32.6 Å². The van der Waals surface area contributed by atoms with Crippen molar-refractivity contribution >= 4 is 11.5 Å². The molecule has 0 saturated heterocycles.